The summed E-state index contributed by atoms with van der Waals surface area (Å²) in [5.41, 5.74) is -0.813. The summed E-state index contributed by atoms with van der Waals surface area (Å²) in [6, 6.07) is 0. The van der Waals surface area contributed by atoms with Gasteiger partial charge < -0.3 is 10.1 Å². The first kappa shape index (κ1) is 12.4. The van der Waals surface area contributed by atoms with Crippen LogP contribution in [0.3, 0.4) is 0 Å². The lowest BCUT2D eigenvalue weighted by atomic mass is 9.85. The lowest BCUT2D eigenvalue weighted by Gasteiger charge is -2.31. The van der Waals surface area contributed by atoms with E-state index in [-0.39, 0.29) is 17.1 Å². The molecule has 15 heavy (non-hydrogen) atoms. The molecule has 1 N–H and O–H groups in total. The van der Waals surface area contributed by atoms with Gasteiger partial charge >= 0.3 is 5.97 Å². The van der Waals surface area contributed by atoms with Gasteiger partial charge in [-0.05, 0) is 12.8 Å². The van der Waals surface area contributed by atoms with Crippen molar-refractivity contribution in [1.82, 2.24) is 5.32 Å². The fourth-order valence-corrected chi connectivity index (χ4v) is 2.71. The molecule has 0 bridgehead atoms. The van der Waals surface area contributed by atoms with Crippen molar-refractivity contribution in [3.63, 3.8) is 0 Å². The van der Waals surface area contributed by atoms with Crippen LogP contribution in [0.5, 0.6) is 0 Å². The molecular weight excluding hydrogens is 214 g/mol. The minimum atomic E-state index is -0.813. The summed E-state index contributed by atoms with van der Waals surface area (Å²) in [6.45, 7) is 6.08. The van der Waals surface area contributed by atoms with Crippen LogP contribution in [0.1, 0.15) is 27.2 Å². The molecule has 0 saturated carbocycles. The zero-order chi connectivity index (χ0) is 11.5. The summed E-state index contributed by atoms with van der Waals surface area (Å²) in [6.07, 6.45) is 0.833. The number of nitrogens with one attached hydrogen (secondary N) is 1. The van der Waals surface area contributed by atoms with Crippen molar-refractivity contribution in [2.24, 2.45) is 5.92 Å². The van der Waals surface area contributed by atoms with E-state index >= 15 is 0 Å². The molecule has 1 heterocycles. The van der Waals surface area contributed by atoms with Crippen LogP contribution in [0.4, 0.5) is 4.79 Å². The van der Waals surface area contributed by atoms with Gasteiger partial charge in [0.2, 0.25) is 0 Å². The first-order chi connectivity index (χ1) is 7.06. The number of hydrogen-bond donors (Lipinski definition) is 1. The van der Waals surface area contributed by atoms with E-state index in [9.17, 15) is 9.59 Å². The van der Waals surface area contributed by atoms with Crippen LogP contribution in [-0.2, 0) is 9.53 Å². The van der Waals surface area contributed by atoms with E-state index in [0.29, 0.717) is 12.4 Å². The summed E-state index contributed by atoms with van der Waals surface area (Å²) in [5, 5.41) is 2.62. The van der Waals surface area contributed by atoms with Crippen molar-refractivity contribution in [3.8, 4) is 0 Å². The summed E-state index contributed by atoms with van der Waals surface area (Å²) in [7, 11) is 0. The Labute approximate surface area is 94.1 Å². The SMILES string of the molecule is CCOC(=O)[C@@]1(C(C)CC)CSC(=O)N1. The molecule has 0 aromatic carbocycles. The highest BCUT2D eigenvalue weighted by Crippen LogP contribution is 2.32. The van der Waals surface area contributed by atoms with Gasteiger partial charge in [0.15, 0.2) is 5.54 Å². The Morgan fingerprint density at radius 2 is 2.33 bits per heavy atom. The number of amides is 1. The topological polar surface area (TPSA) is 55.4 Å². The van der Waals surface area contributed by atoms with Gasteiger partial charge in [0.1, 0.15) is 0 Å². The van der Waals surface area contributed by atoms with Crippen LogP contribution in [0.2, 0.25) is 0 Å². The summed E-state index contributed by atoms with van der Waals surface area (Å²) < 4.78 is 5.03. The van der Waals surface area contributed by atoms with Crippen LogP contribution < -0.4 is 5.32 Å². The van der Waals surface area contributed by atoms with Gasteiger partial charge in [-0.25, -0.2) is 4.79 Å². The lowest BCUT2D eigenvalue weighted by Crippen LogP contribution is -2.56. The van der Waals surface area contributed by atoms with Crippen LogP contribution in [0.25, 0.3) is 0 Å². The molecular formula is C10H17NO3S. The van der Waals surface area contributed by atoms with Gasteiger partial charge in [-0.1, -0.05) is 32.0 Å². The predicted octanol–water partition coefficient (Wildman–Crippen LogP) is 1.79. The maximum atomic E-state index is 11.9. The molecule has 5 heteroatoms. The van der Waals surface area contributed by atoms with Crippen LogP contribution in [0, 0.1) is 5.92 Å². The second-order valence-electron chi connectivity index (χ2n) is 3.70. The number of rotatable bonds is 4. The van der Waals surface area contributed by atoms with E-state index in [1.165, 1.54) is 0 Å². The van der Waals surface area contributed by atoms with Gasteiger partial charge in [-0.3, -0.25) is 4.79 Å². The Bertz CT molecular complexity index is 269. The third kappa shape index (κ3) is 2.27. The van der Waals surface area contributed by atoms with Gasteiger partial charge in [-0.15, -0.1) is 0 Å². The second kappa shape index (κ2) is 4.88. The predicted molar refractivity (Wildman–Crippen MR) is 59.8 cm³/mol. The first-order valence-electron chi connectivity index (χ1n) is 5.19. The van der Waals surface area contributed by atoms with E-state index < -0.39 is 5.54 Å². The molecule has 4 nitrogen and oxygen atoms in total. The molecule has 0 aromatic heterocycles. The Balaban J connectivity index is 2.86. The molecule has 0 aliphatic carbocycles. The molecule has 0 radical (unpaired) electrons. The van der Waals surface area contributed by atoms with E-state index in [1.54, 1.807) is 6.92 Å². The number of hydrogen-bond acceptors (Lipinski definition) is 4. The van der Waals surface area contributed by atoms with Crippen molar-refractivity contribution >= 4 is 23.0 Å². The highest BCUT2D eigenvalue weighted by molar-refractivity contribution is 8.14. The molecule has 0 spiro atoms. The van der Waals surface area contributed by atoms with Crippen molar-refractivity contribution < 1.29 is 14.3 Å². The van der Waals surface area contributed by atoms with Crippen molar-refractivity contribution in [2.45, 2.75) is 32.7 Å². The van der Waals surface area contributed by atoms with Gasteiger partial charge in [0, 0.05) is 5.75 Å². The van der Waals surface area contributed by atoms with Crippen molar-refractivity contribution in [2.75, 3.05) is 12.4 Å². The third-order valence-electron chi connectivity index (χ3n) is 2.85. The number of thioether (sulfide) groups is 1. The van der Waals surface area contributed by atoms with Crippen LogP contribution >= 0.6 is 11.8 Å². The molecule has 1 rings (SSSR count). The molecule has 0 aromatic rings. The summed E-state index contributed by atoms with van der Waals surface area (Å²) in [4.78, 5) is 23.1. The number of carbonyl (C=O) groups is 2. The molecule has 1 saturated heterocycles. The normalized spacial score (nSPS) is 27.3. The quantitative estimate of drug-likeness (QED) is 0.749. The highest BCUT2D eigenvalue weighted by Gasteiger charge is 2.49. The second-order valence-corrected chi connectivity index (χ2v) is 4.65. The number of esters is 1. The summed E-state index contributed by atoms with van der Waals surface area (Å²) in [5.74, 6) is 0.257. The smallest absolute Gasteiger partial charge is 0.333 e. The monoisotopic (exact) mass is 231 g/mol. The average Bonchev–Trinajstić information content (AvgIpc) is 2.61. The van der Waals surface area contributed by atoms with Crippen molar-refractivity contribution in [3.05, 3.63) is 0 Å². The minimum absolute atomic E-state index is 0.0931. The molecule has 1 fully saturated rings. The first-order valence-corrected chi connectivity index (χ1v) is 6.17. The Hall–Kier alpha value is -0.710. The number of carbonyl (C=O) groups excluding carboxylic acids is 2. The number of ether oxygens (including phenoxy) is 1. The molecule has 1 aliphatic heterocycles. The zero-order valence-corrected chi connectivity index (χ0v) is 10.1. The molecule has 1 amide bonds. The van der Waals surface area contributed by atoms with Crippen molar-refractivity contribution in [1.29, 1.82) is 0 Å². The third-order valence-corrected chi connectivity index (χ3v) is 3.81. The maximum Gasteiger partial charge on any atom is 0.333 e. The maximum absolute atomic E-state index is 11.9. The van der Waals surface area contributed by atoms with Gasteiger partial charge in [0.25, 0.3) is 5.24 Å². The lowest BCUT2D eigenvalue weighted by molar-refractivity contribution is -0.151. The minimum Gasteiger partial charge on any atom is -0.464 e. The Morgan fingerprint density at radius 1 is 1.67 bits per heavy atom. The van der Waals surface area contributed by atoms with Gasteiger partial charge in [0.05, 0.1) is 6.61 Å². The Kier molecular flexibility index (Phi) is 4.02. The fraction of sp³-hybridized carbons (Fsp3) is 0.800. The largest absolute Gasteiger partial charge is 0.464 e. The van der Waals surface area contributed by atoms with E-state index in [2.05, 4.69) is 5.32 Å². The standard InChI is InChI=1S/C10H17NO3S/c1-4-7(3)10(8(12)14-5-2)6-15-9(13)11-10/h7H,4-6H2,1-3H3,(H,11,13)/t7?,10-/m0/s1. The average molecular weight is 231 g/mol. The zero-order valence-electron chi connectivity index (χ0n) is 9.33. The van der Waals surface area contributed by atoms with E-state index in [1.807, 2.05) is 13.8 Å². The summed E-state index contributed by atoms with van der Waals surface area (Å²) >= 11 is 1.15. The molecule has 1 aliphatic rings. The van der Waals surface area contributed by atoms with Gasteiger partial charge in [-0.2, -0.15) is 0 Å². The Morgan fingerprint density at radius 3 is 2.73 bits per heavy atom. The van der Waals surface area contributed by atoms with E-state index in [0.717, 1.165) is 18.2 Å². The van der Waals surface area contributed by atoms with Crippen LogP contribution in [-0.4, -0.2) is 29.1 Å². The highest BCUT2D eigenvalue weighted by atomic mass is 32.2. The molecule has 86 valence electrons. The van der Waals surface area contributed by atoms with E-state index in [4.69, 9.17) is 4.74 Å². The van der Waals surface area contributed by atoms with Crippen LogP contribution in [0.15, 0.2) is 0 Å². The molecule has 2 atom stereocenters. The fourth-order valence-electron chi connectivity index (χ4n) is 1.62. The molecule has 1 unspecified atom stereocenters.